The minimum absolute atomic E-state index is 0.0438. The Balaban J connectivity index is 1.63. The van der Waals surface area contributed by atoms with Gasteiger partial charge in [-0.3, -0.25) is 9.59 Å². The van der Waals surface area contributed by atoms with Gasteiger partial charge < -0.3 is 9.80 Å². The first-order valence-corrected chi connectivity index (χ1v) is 8.60. The summed E-state index contributed by atoms with van der Waals surface area (Å²) in [6.45, 7) is 4.12. The number of amides is 2. The predicted molar refractivity (Wildman–Crippen MR) is 90.5 cm³/mol. The molecule has 0 radical (unpaired) electrons. The molecule has 0 unspecified atom stereocenters. The van der Waals surface area contributed by atoms with Crippen molar-refractivity contribution < 1.29 is 14.0 Å². The van der Waals surface area contributed by atoms with Crippen LogP contribution in [0, 0.1) is 11.7 Å². The third kappa shape index (κ3) is 3.50. The van der Waals surface area contributed by atoms with E-state index in [-0.39, 0.29) is 23.7 Å². The number of carbonyl (C=O) groups is 2. The topological polar surface area (TPSA) is 40.6 Å². The third-order valence-corrected chi connectivity index (χ3v) is 5.06. The maximum absolute atomic E-state index is 13.2. The van der Waals surface area contributed by atoms with Crippen molar-refractivity contribution in [3.8, 4) is 0 Å². The molecule has 2 saturated heterocycles. The van der Waals surface area contributed by atoms with Crippen LogP contribution in [0.3, 0.4) is 0 Å². The van der Waals surface area contributed by atoms with Crippen LogP contribution in [0.25, 0.3) is 6.08 Å². The number of hydrogen-bond donors (Lipinski definition) is 0. The molecule has 2 atom stereocenters. The zero-order valence-corrected chi connectivity index (χ0v) is 14.0. The predicted octanol–water partition coefficient (Wildman–Crippen LogP) is 2.70. The van der Waals surface area contributed by atoms with E-state index in [9.17, 15) is 14.0 Å². The quantitative estimate of drug-likeness (QED) is 0.800. The largest absolute Gasteiger partial charge is 0.340 e. The van der Waals surface area contributed by atoms with Crippen LogP contribution in [-0.4, -0.2) is 47.3 Å². The molecule has 0 N–H and O–H groups in total. The summed E-state index contributed by atoms with van der Waals surface area (Å²) in [5.74, 6) is 0.252. The highest BCUT2D eigenvalue weighted by molar-refractivity contribution is 5.92. The van der Waals surface area contributed by atoms with Gasteiger partial charge in [-0.1, -0.05) is 12.1 Å². The normalized spacial score (nSPS) is 24.3. The summed E-state index contributed by atoms with van der Waals surface area (Å²) in [5.41, 5.74) is 0.679. The van der Waals surface area contributed by atoms with Crippen molar-refractivity contribution >= 4 is 17.9 Å². The number of rotatable bonds is 3. The van der Waals surface area contributed by atoms with Gasteiger partial charge in [0.15, 0.2) is 0 Å². The van der Waals surface area contributed by atoms with Crippen LogP contribution >= 0.6 is 0 Å². The molecule has 24 heavy (non-hydrogen) atoms. The molecule has 0 bridgehead atoms. The molecule has 2 amide bonds. The van der Waals surface area contributed by atoms with Gasteiger partial charge in [-0.2, -0.15) is 0 Å². The van der Waals surface area contributed by atoms with E-state index in [1.54, 1.807) is 18.2 Å². The van der Waals surface area contributed by atoms with E-state index in [1.807, 2.05) is 16.7 Å². The van der Waals surface area contributed by atoms with Crippen LogP contribution in [0.15, 0.2) is 30.3 Å². The fourth-order valence-corrected chi connectivity index (χ4v) is 3.85. The number of halogens is 1. The summed E-state index contributed by atoms with van der Waals surface area (Å²) in [7, 11) is 0. The molecular formula is C19H23FN2O2. The van der Waals surface area contributed by atoms with Crippen LogP contribution in [0.2, 0.25) is 0 Å². The van der Waals surface area contributed by atoms with Crippen LogP contribution in [0.1, 0.15) is 31.7 Å². The first-order valence-electron chi connectivity index (χ1n) is 8.60. The molecule has 2 aliphatic rings. The molecule has 0 spiro atoms. The summed E-state index contributed by atoms with van der Waals surface area (Å²) < 4.78 is 13.2. The molecule has 0 aromatic heterocycles. The lowest BCUT2D eigenvalue weighted by molar-refractivity contribution is -0.142. The molecule has 1 aromatic rings. The third-order valence-electron chi connectivity index (χ3n) is 5.06. The zero-order chi connectivity index (χ0) is 17.1. The standard InChI is InChI=1S/C19H23FN2O2/c1-2-22-17-10-11-21(13-15(17)7-9-19(22)24)18(23)8-6-14-4-3-5-16(20)12-14/h3-6,8,12,15,17H,2,7,9-11,13H2,1H3/b8-6+/t15-,17+/m1/s1. The lowest BCUT2D eigenvalue weighted by Crippen LogP contribution is -2.56. The van der Waals surface area contributed by atoms with E-state index in [1.165, 1.54) is 18.2 Å². The maximum atomic E-state index is 13.2. The number of benzene rings is 1. The van der Waals surface area contributed by atoms with Gasteiger partial charge in [0.2, 0.25) is 11.8 Å². The van der Waals surface area contributed by atoms with Gasteiger partial charge >= 0.3 is 0 Å². The number of fused-ring (bicyclic) bond motifs is 1. The number of carbonyl (C=O) groups excluding carboxylic acids is 2. The Morgan fingerprint density at radius 2 is 2.21 bits per heavy atom. The summed E-state index contributed by atoms with van der Waals surface area (Å²) >= 11 is 0. The number of hydrogen-bond acceptors (Lipinski definition) is 2. The van der Waals surface area contributed by atoms with Gasteiger partial charge in [0.1, 0.15) is 5.82 Å². The van der Waals surface area contributed by atoms with Crippen LogP contribution < -0.4 is 0 Å². The summed E-state index contributed by atoms with van der Waals surface area (Å²) in [4.78, 5) is 28.2. The molecule has 3 rings (SSSR count). The van der Waals surface area contributed by atoms with Crippen LogP contribution in [0.5, 0.6) is 0 Å². The van der Waals surface area contributed by atoms with Crippen molar-refractivity contribution in [1.29, 1.82) is 0 Å². The van der Waals surface area contributed by atoms with Crippen molar-refractivity contribution in [1.82, 2.24) is 9.80 Å². The van der Waals surface area contributed by atoms with Crippen molar-refractivity contribution in [2.24, 2.45) is 5.92 Å². The maximum Gasteiger partial charge on any atom is 0.246 e. The van der Waals surface area contributed by atoms with E-state index in [0.717, 1.165) is 19.4 Å². The van der Waals surface area contributed by atoms with Gasteiger partial charge in [-0.05, 0) is 49.5 Å². The van der Waals surface area contributed by atoms with E-state index < -0.39 is 0 Å². The Bertz CT molecular complexity index is 659. The Morgan fingerprint density at radius 1 is 1.38 bits per heavy atom. The zero-order valence-electron chi connectivity index (χ0n) is 14.0. The molecule has 1 aromatic carbocycles. The highest BCUT2D eigenvalue weighted by Gasteiger charge is 2.39. The Hall–Kier alpha value is -2.17. The Labute approximate surface area is 141 Å². The number of piperidine rings is 2. The lowest BCUT2D eigenvalue weighted by atomic mass is 9.83. The highest BCUT2D eigenvalue weighted by atomic mass is 19.1. The van der Waals surface area contributed by atoms with E-state index in [4.69, 9.17) is 0 Å². The molecule has 128 valence electrons. The number of likely N-dealkylation sites (tertiary alicyclic amines) is 2. The fraction of sp³-hybridized carbons (Fsp3) is 0.474. The molecule has 2 aliphatic heterocycles. The summed E-state index contributed by atoms with van der Waals surface area (Å²) in [5, 5.41) is 0. The molecular weight excluding hydrogens is 307 g/mol. The average molecular weight is 330 g/mol. The Morgan fingerprint density at radius 3 is 2.96 bits per heavy atom. The fourth-order valence-electron chi connectivity index (χ4n) is 3.85. The van der Waals surface area contributed by atoms with E-state index in [2.05, 4.69) is 0 Å². The van der Waals surface area contributed by atoms with Gasteiger partial charge in [-0.25, -0.2) is 4.39 Å². The molecule has 0 aliphatic carbocycles. The van der Waals surface area contributed by atoms with E-state index >= 15 is 0 Å². The van der Waals surface area contributed by atoms with Crippen molar-refractivity contribution in [3.63, 3.8) is 0 Å². The van der Waals surface area contributed by atoms with Crippen molar-refractivity contribution in [3.05, 3.63) is 41.7 Å². The van der Waals surface area contributed by atoms with Gasteiger partial charge in [0, 0.05) is 38.2 Å². The molecule has 2 heterocycles. The minimum Gasteiger partial charge on any atom is -0.340 e. The average Bonchev–Trinajstić information content (AvgIpc) is 2.59. The minimum atomic E-state index is -0.308. The second-order valence-electron chi connectivity index (χ2n) is 6.51. The first-order chi connectivity index (χ1) is 11.6. The monoisotopic (exact) mass is 330 g/mol. The molecule has 5 heteroatoms. The second kappa shape index (κ2) is 7.16. The number of nitrogens with zero attached hydrogens (tertiary/aromatic N) is 2. The Kier molecular flexibility index (Phi) is 4.97. The van der Waals surface area contributed by atoms with Crippen LogP contribution in [0.4, 0.5) is 4.39 Å². The van der Waals surface area contributed by atoms with Crippen molar-refractivity contribution in [2.45, 2.75) is 32.2 Å². The lowest BCUT2D eigenvalue weighted by Gasteiger charge is -2.46. The molecule has 4 nitrogen and oxygen atoms in total. The molecule has 2 fully saturated rings. The summed E-state index contributed by atoms with van der Waals surface area (Å²) in [6.07, 6.45) is 5.44. The first kappa shape index (κ1) is 16.7. The SMILES string of the molecule is CCN1C(=O)CC[C@@H]2CN(C(=O)/C=C/c3cccc(F)c3)CC[C@@H]21. The van der Waals surface area contributed by atoms with E-state index in [0.29, 0.717) is 31.0 Å². The highest BCUT2D eigenvalue weighted by Crippen LogP contribution is 2.31. The van der Waals surface area contributed by atoms with Gasteiger partial charge in [0.05, 0.1) is 0 Å². The van der Waals surface area contributed by atoms with Gasteiger partial charge in [0.25, 0.3) is 0 Å². The second-order valence-corrected chi connectivity index (χ2v) is 6.51. The van der Waals surface area contributed by atoms with Crippen molar-refractivity contribution in [2.75, 3.05) is 19.6 Å². The van der Waals surface area contributed by atoms with Crippen LogP contribution in [-0.2, 0) is 9.59 Å². The summed E-state index contributed by atoms with van der Waals surface area (Å²) in [6, 6.07) is 6.46. The smallest absolute Gasteiger partial charge is 0.246 e. The van der Waals surface area contributed by atoms with Gasteiger partial charge in [-0.15, -0.1) is 0 Å². The molecule has 0 saturated carbocycles.